The van der Waals surface area contributed by atoms with Gasteiger partial charge in [-0.3, -0.25) is 14.4 Å². The summed E-state index contributed by atoms with van der Waals surface area (Å²) in [6.07, 6.45) is 2.89. The molecule has 0 aromatic carbocycles. The summed E-state index contributed by atoms with van der Waals surface area (Å²) in [5, 5.41) is 9.71. The number of hydrogen-bond acceptors (Lipinski definition) is 9. The van der Waals surface area contributed by atoms with Gasteiger partial charge in [0.15, 0.2) is 40.2 Å². The van der Waals surface area contributed by atoms with Gasteiger partial charge in [0.05, 0.1) is 14.2 Å². The number of aromatic hydroxyl groups is 1. The first-order chi connectivity index (χ1) is 15.1. The van der Waals surface area contributed by atoms with Crippen molar-refractivity contribution in [3.8, 4) is 23.0 Å². The van der Waals surface area contributed by atoms with E-state index in [4.69, 9.17) is 14.2 Å². The zero-order chi connectivity index (χ0) is 25.6. The number of rotatable bonds is 5. The Labute approximate surface area is 194 Å². The number of hydrogen-bond donors (Lipinski definition) is 1. The minimum Gasteiger partial charge on any atom is -0.503 e. The van der Waals surface area contributed by atoms with Crippen LogP contribution in [0.2, 0.25) is 0 Å². The molecular weight excluding hydrogens is 428 g/mol. The molecule has 180 valence electrons. The molecule has 2 rings (SSSR count). The number of carbonyl (C=O) groups is 3. The van der Waals surface area contributed by atoms with Crippen LogP contribution in [0.3, 0.4) is 0 Å². The molecule has 0 bridgehead atoms. The van der Waals surface area contributed by atoms with Gasteiger partial charge < -0.3 is 19.3 Å². The molecule has 0 saturated heterocycles. The van der Waals surface area contributed by atoms with Gasteiger partial charge in [0.1, 0.15) is 0 Å². The van der Waals surface area contributed by atoms with Crippen LogP contribution in [-0.4, -0.2) is 46.8 Å². The van der Waals surface area contributed by atoms with Crippen LogP contribution in [0, 0.1) is 10.8 Å². The van der Waals surface area contributed by atoms with E-state index in [0.29, 0.717) is 5.75 Å². The molecule has 9 nitrogen and oxygen atoms in total. The lowest BCUT2D eigenvalue weighted by Gasteiger charge is -2.18. The van der Waals surface area contributed by atoms with Gasteiger partial charge in [0.2, 0.25) is 5.75 Å². The van der Waals surface area contributed by atoms with Gasteiger partial charge in [0.25, 0.3) is 0 Å². The van der Waals surface area contributed by atoms with Gasteiger partial charge in [-0.1, -0.05) is 41.5 Å². The average Bonchev–Trinajstić information content (AvgIpc) is 2.72. The number of ether oxygens (including phenoxy) is 3. The predicted octanol–water partition coefficient (Wildman–Crippen LogP) is 4.27. The molecule has 0 aliphatic rings. The molecule has 0 atom stereocenters. The summed E-state index contributed by atoms with van der Waals surface area (Å²) < 4.78 is 15.0. The van der Waals surface area contributed by atoms with Crippen molar-refractivity contribution < 1.29 is 33.7 Å². The molecule has 2 heterocycles. The Morgan fingerprint density at radius 3 is 1.64 bits per heavy atom. The number of pyridine rings is 2. The van der Waals surface area contributed by atoms with Crippen molar-refractivity contribution in [3.63, 3.8) is 0 Å². The van der Waals surface area contributed by atoms with Crippen molar-refractivity contribution >= 4 is 17.5 Å². The first kappa shape index (κ1) is 27.5. The van der Waals surface area contributed by atoms with Crippen molar-refractivity contribution in [2.45, 2.75) is 48.5 Å². The Balaban J connectivity index is 0.000000335. The van der Waals surface area contributed by atoms with Gasteiger partial charge in [-0.05, 0) is 0 Å². The molecule has 0 radical (unpaired) electrons. The van der Waals surface area contributed by atoms with E-state index in [1.807, 2.05) is 0 Å². The third-order valence-corrected chi connectivity index (χ3v) is 4.23. The molecule has 2 aromatic rings. The van der Waals surface area contributed by atoms with Crippen molar-refractivity contribution in [1.29, 1.82) is 0 Å². The van der Waals surface area contributed by atoms with Crippen LogP contribution in [-0.2, 0) is 4.79 Å². The largest absolute Gasteiger partial charge is 0.503 e. The highest BCUT2D eigenvalue weighted by molar-refractivity contribution is 6.01. The second kappa shape index (κ2) is 10.9. The Hall–Kier alpha value is -3.49. The molecule has 2 aromatic heterocycles. The van der Waals surface area contributed by atoms with E-state index >= 15 is 0 Å². The standard InChI is InChI=1S/C13H17NO4.C11H15NO3/c1-8(15)18-11-9(17-5)6-7-14-10(11)12(16)13(2,3)4;1-11(2,3)10(14)8-9(13)7(15-4)5-6-12-8/h6-7H,1-5H3;5-6,13H,1-4H3. The van der Waals surface area contributed by atoms with Crippen LogP contribution in [0.5, 0.6) is 23.0 Å². The molecule has 0 amide bonds. The third kappa shape index (κ3) is 7.27. The number of ketones is 2. The fourth-order valence-electron chi connectivity index (χ4n) is 2.47. The summed E-state index contributed by atoms with van der Waals surface area (Å²) >= 11 is 0. The first-order valence-corrected chi connectivity index (χ1v) is 10.2. The highest BCUT2D eigenvalue weighted by Gasteiger charge is 2.30. The van der Waals surface area contributed by atoms with Gasteiger partial charge in [-0.15, -0.1) is 0 Å². The lowest BCUT2D eigenvalue weighted by atomic mass is 9.88. The maximum absolute atomic E-state index is 12.2. The van der Waals surface area contributed by atoms with E-state index in [1.165, 1.54) is 45.7 Å². The predicted molar refractivity (Wildman–Crippen MR) is 122 cm³/mol. The van der Waals surface area contributed by atoms with Crippen molar-refractivity contribution in [3.05, 3.63) is 35.9 Å². The molecule has 9 heteroatoms. The summed E-state index contributed by atoms with van der Waals surface area (Å²) in [5.41, 5.74) is -1.02. The van der Waals surface area contributed by atoms with E-state index in [-0.39, 0.29) is 40.2 Å². The summed E-state index contributed by atoms with van der Waals surface area (Å²) in [6, 6.07) is 3.05. The molecule has 1 N–H and O–H groups in total. The lowest BCUT2D eigenvalue weighted by molar-refractivity contribution is -0.132. The Bertz CT molecular complexity index is 1020. The summed E-state index contributed by atoms with van der Waals surface area (Å²) in [5.74, 6) is -0.487. The molecule has 0 fully saturated rings. The highest BCUT2D eigenvalue weighted by Crippen LogP contribution is 2.34. The van der Waals surface area contributed by atoms with E-state index < -0.39 is 16.8 Å². The van der Waals surface area contributed by atoms with Gasteiger partial charge in [0, 0.05) is 42.3 Å². The van der Waals surface area contributed by atoms with Crippen LogP contribution < -0.4 is 14.2 Å². The van der Waals surface area contributed by atoms with Crippen LogP contribution in [0.15, 0.2) is 24.5 Å². The van der Waals surface area contributed by atoms with Crippen LogP contribution in [0.25, 0.3) is 0 Å². The van der Waals surface area contributed by atoms with E-state index in [0.717, 1.165) is 0 Å². The smallest absolute Gasteiger partial charge is 0.308 e. The number of Topliss-reactive ketones (excluding diaryl/α,β-unsaturated/α-hetero) is 2. The zero-order valence-electron chi connectivity index (χ0n) is 20.6. The third-order valence-electron chi connectivity index (χ3n) is 4.23. The molecule has 0 spiro atoms. The molecule has 0 aliphatic heterocycles. The van der Waals surface area contributed by atoms with E-state index in [1.54, 1.807) is 41.5 Å². The summed E-state index contributed by atoms with van der Waals surface area (Å²) in [4.78, 5) is 43.1. The Kier molecular flexibility index (Phi) is 9.09. The monoisotopic (exact) mass is 460 g/mol. The van der Waals surface area contributed by atoms with E-state index in [9.17, 15) is 19.5 Å². The first-order valence-electron chi connectivity index (χ1n) is 10.2. The Morgan fingerprint density at radius 2 is 1.21 bits per heavy atom. The van der Waals surface area contributed by atoms with Crippen molar-refractivity contribution in [2.24, 2.45) is 10.8 Å². The molecule has 0 saturated carbocycles. The second-order valence-corrected chi connectivity index (χ2v) is 9.15. The summed E-state index contributed by atoms with van der Waals surface area (Å²) in [6.45, 7) is 11.9. The molecular formula is C24H32N2O7. The topological polar surface area (TPSA) is 125 Å². The SMILES string of the molecule is COc1ccnc(C(=O)C(C)(C)C)c1O.COc1ccnc(C(=O)C(C)(C)C)c1OC(C)=O. The lowest BCUT2D eigenvalue weighted by Crippen LogP contribution is -2.23. The molecule has 0 aliphatic carbocycles. The number of carbonyl (C=O) groups excluding carboxylic acids is 3. The minimum atomic E-state index is -0.617. The zero-order valence-corrected chi connectivity index (χ0v) is 20.6. The maximum Gasteiger partial charge on any atom is 0.308 e. The normalized spacial score (nSPS) is 11.1. The fourth-order valence-corrected chi connectivity index (χ4v) is 2.47. The number of nitrogens with zero attached hydrogens (tertiary/aromatic N) is 2. The minimum absolute atomic E-state index is 0.0573. The fraction of sp³-hybridized carbons (Fsp3) is 0.458. The van der Waals surface area contributed by atoms with Crippen molar-refractivity contribution in [2.75, 3.05) is 14.2 Å². The molecule has 0 unspecified atom stereocenters. The number of aromatic nitrogens is 2. The maximum atomic E-state index is 12.2. The average molecular weight is 461 g/mol. The quantitative estimate of drug-likeness (QED) is 0.514. The van der Waals surface area contributed by atoms with E-state index in [2.05, 4.69) is 9.97 Å². The van der Waals surface area contributed by atoms with Crippen LogP contribution >= 0.6 is 0 Å². The number of esters is 1. The van der Waals surface area contributed by atoms with Crippen LogP contribution in [0.1, 0.15) is 69.4 Å². The highest BCUT2D eigenvalue weighted by atomic mass is 16.6. The second-order valence-electron chi connectivity index (χ2n) is 9.15. The van der Waals surface area contributed by atoms with Gasteiger partial charge in [-0.2, -0.15) is 0 Å². The van der Waals surface area contributed by atoms with Gasteiger partial charge in [-0.25, -0.2) is 9.97 Å². The van der Waals surface area contributed by atoms with Gasteiger partial charge >= 0.3 is 5.97 Å². The van der Waals surface area contributed by atoms with Crippen molar-refractivity contribution in [1.82, 2.24) is 9.97 Å². The molecule has 33 heavy (non-hydrogen) atoms. The number of methoxy groups -OCH3 is 2. The summed E-state index contributed by atoms with van der Waals surface area (Å²) in [7, 11) is 2.87. The Morgan fingerprint density at radius 1 is 0.788 bits per heavy atom. The van der Waals surface area contributed by atoms with Crippen LogP contribution in [0.4, 0.5) is 0 Å².